The fraction of sp³-hybridized carbons (Fsp3) is 0.243. The van der Waals surface area contributed by atoms with E-state index >= 15 is 0 Å². The highest BCUT2D eigenvalue weighted by Gasteiger charge is 2.41. The molecule has 11 nitrogen and oxygen atoms in total. The first-order valence-electron chi connectivity index (χ1n) is 15.7. The van der Waals surface area contributed by atoms with Gasteiger partial charge >= 0.3 is 12.1 Å². The molecule has 3 amide bonds. The second-order valence-corrected chi connectivity index (χ2v) is 12.7. The maximum atomic E-state index is 13.4. The number of carbonyl (C=O) groups is 4. The highest BCUT2D eigenvalue weighted by atomic mass is 32.2. The van der Waals surface area contributed by atoms with Gasteiger partial charge in [-0.05, 0) is 53.1 Å². The van der Waals surface area contributed by atoms with Crippen LogP contribution >= 0.6 is 11.8 Å². The molecule has 12 heteroatoms. The van der Waals surface area contributed by atoms with E-state index in [-0.39, 0.29) is 37.4 Å². The zero-order valence-corrected chi connectivity index (χ0v) is 27.1. The van der Waals surface area contributed by atoms with Crippen LogP contribution in [0.1, 0.15) is 57.8 Å². The summed E-state index contributed by atoms with van der Waals surface area (Å²) in [6.45, 7) is -0.0544. The van der Waals surface area contributed by atoms with Gasteiger partial charge < -0.3 is 29.7 Å². The van der Waals surface area contributed by atoms with Crippen molar-refractivity contribution in [1.82, 2.24) is 5.32 Å². The van der Waals surface area contributed by atoms with Crippen molar-refractivity contribution >= 4 is 41.3 Å². The number of hydrogen-bond acceptors (Lipinski definition) is 9. The van der Waals surface area contributed by atoms with Gasteiger partial charge in [-0.25, -0.2) is 14.5 Å². The van der Waals surface area contributed by atoms with Crippen LogP contribution < -0.4 is 10.2 Å². The van der Waals surface area contributed by atoms with Gasteiger partial charge in [0.15, 0.2) is 6.29 Å². The van der Waals surface area contributed by atoms with Crippen LogP contribution in [-0.2, 0) is 37.0 Å². The number of carboxylic acid groups (broad SMARTS) is 1. The molecule has 2 saturated heterocycles. The second-order valence-electron chi connectivity index (χ2n) is 11.6. The van der Waals surface area contributed by atoms with E-state index in [9.17, 15) is 29.4 Å². The molecule has 252 valence electrons. The number of aromatic carboxylic acids is 1. The van der Waals surface area contributed by atoms with Crippen LogP contribution in [0.15, 0.2) is 108 Å². The summed E-state index contributed by atoms with van der Waals surface area (Å²) in [5.41, 5.74) is 3.58. The van der Waals surface area contributed by atoms with Gasteiger partial charge in [0.1, 0.15) is 12.6 Å². The lowest BCUT2D eigenvalue weighted by atomic mass is 10.0. The SMILES string of the molecule is O=C(NC1CC(=O)N(c2cccc(C3OC(CSc4ccc(C(=O)O)cc4)CC(c4ccc(CO)cc4)O3)c2)C1=O)OCc1ccccc1. The number of imide groups is 1. The van der Waals surface area contributed by atoms with Crippen molar-refractivity contribution in [2.45, 2.75) is 55.5 Å². The van der Waals surface area contributed by atoms with Crippen LogP contribution in [0.4, 0.5) is 10.5 Å². The molecule has 4 aromatic carbocycles. The molecule has 0 aromatic heterocycles. The zero-order valence-electron chi connectivity index (χ0n) is 26.3. The summed E-state index contributed by atoms with van der Waals surface area (Å²) in [7, 11) is 0. The third-order valence-electron chi connectivity index (χ3n) is 8.20. The molecular weight excluding hydrogens is 648 g/mol. The number of benzene rings is 4. The highest BCUT2D eigenvalue weighted by Crippen LogP contribution is 2.40. The lowest BCUT2D eigenvalue weighted by molar-refractivity contribution is -0.245. The number of amides is 3. The van der Waals surface area contributed by atoms with Crippen LogP contribution in [0, 0.1) is 0 Å². The topological polar surface area (TPSA) is 152 Å². The number of aliphatic hydroxyl groups is 1. The zero-order chi connectivity index (χ0) is 34.3. The highest BCUT2D eigenvalue weighted by molar-refractivity contribution is 7.99. The molecule has 2 aliphatic rings. The van der Waals surface area contributed by atoms with E-state index in [1.165, 1.54) is 11.8 Å². The number of thioether (sulfide) groups is 1. The van der Waals surface area contributed by atoms with E-state index in [1.54, 1.807) is 48.5 Å². The summed E-state index contributed by atoms with van der Waals surface area (Å²) < 4.78 is 18.1. The van der Waals surface area contributed by atoms with Gasteiger partial charge in [0.2, 0.25) is 5.91 Å². The van der Waals surface area contributed by atoms with Crippen molar-refractivity contribution in [1.29, 1.82) is 0 Å². The summed E-state index contributed by atoms with van der Waals surface area (Å²) in [4.78, 5) is 52.0. The molecule has 4 aromatic rings. The van der Waals surface area contributed by atoms with Crippen LogP contribution in [0.3, 0.4) is 0 Å². The molecule has 0 aliphatic carbocycles. The van der Waals surface area contributed by atoms with Gasteiger partial charge in [0.05, 0.1) is 36.5 Å². The fourth-order valence-electron chi connectivity index (χ4n) is 5.64. The van der Waals surface area contributed by atoms with Crippen molar-refractivity contribution in [3.63, 3.8) is 0 Å². The third kappa shape index (κ3) is 8.35. The molecule has 49 heavy (non-hydrogen) atoms. The van der Waals surface area contributed by atoms with Crippen LogP contribution in [0.25, 0.3) is 0 Å². The Labute approximate surface area is 286 Å². The maximum absolute atomic E-state index is 13.4. The number of anilines is 1. The quantitative estimate of drug-likeness (QED) is 0.131. The lowest BCUT2D eigenvalue weighted by Crippen LogP contribution is -2.42. The number of alkyl carbamates (subject to hydrolysis) is 1. The fourth-order valence-corrected chi connectivity index (χ4v) is 6.56. The molecule has 0 radical (unpaired) electrons. The molecule has 4 atom stereocenters. The van der Waals surface area contributed by atoms with Crippen molar-refractivity contribution < 1.29 is 43.6 Å². The van der Waals surface area contributed by atoms with E-state index in [0.717, 1.165) is 26.5 Å². The van der Waals surface area contributed by atoms with Gasteiger partial charge in [-0.15, -0.1) is 11.8 Å². The molecule has 3 N–H and O–H groups in total. The molecular formula is C37H34N2O9S. The number of carboxylic acids is 1. The Morgan fingerprint density at radius 3 is 2.35 bits per heavy atom. The van der Waals surface area contributed by atoms with Crippen molar-refractivity contribution in [3.8, 4) is 0 Å². The molecule has 2 aliphatic heterocycles. The largest absolute Gasteiger partial charge is 0.478 e. The minimum absolute atomic E-state index is 0.0255. The second kappa shape index (κ2) is 15.5. The lowest BCUT2D eigenvalue weighted by Gasteiger charge is -2.36. The van der Waals surface area contributed by atoms with Gasteiger partial charge in [-0.1, -0.05) is 66.7 Å². The normalized spacial score (nSPS) is 20.6. The smallest absolute Gasteiger partial charge is 0.408 e. The molecule has 6 rings (SSSR count). The van der Waals surface area contributed by atoms with Gasteiger partial charge in [0.25, 0.3) is 5.91 Å². The summed E-state index contributed by atoms with van der Waals surface area (Å²) in [5.74, 6) is -1.48. The number of ether oxygens (including phenoxy) is 3. The molecule has 0 saturated carbocycles. The van der Waals surface area contributed by atoms with Crippen molar-refractivity contribution in [2.75, 3.05) is 10.7 Å². The summed E-state index contributed by atoms with van der Waals surface area (Å²) in [6.07, 6.45) is -1.95. The number of hydrogen-bond donors (Lipinski definition) is 3. The predicted octanol–water partition coefficient (Wildman–Crippen LogP) is 5.77. The molecule has 4 unspecified atom stereocenters. The van der Waals surface area contributed by atoms with E-state index in [0.29, 0.717) is 23.4 Å². The average molecular weight is 683 g/mol. The van der Waals surface area contributed by atoms with E-state index < -0.39 is 36.2 Å². The monoisotopic (exact) mass is 682 g/mol. The average Bonchev–Trinajstić information content (AvgIpc) is 3.41. The van der Waals surface area contributed by atoms with Gasteiger partial charge in [0, 0.05) is 22.6 Å². The summed E-state index contributed by atoms with van der Waals surface area (Å²) in [5, 5.41) is 21.2. The number of carbonyl (C=O) groups excluding carboxylic acids is 3. The Morgan fingerprint density at radius 1 is 0.878 bits per heavy atom. The Balaban J connectivity index is 1.16. The Bertz CT molecular complexity index is 1800. The van der Waals surface area contributed by atoms with Crippen LogP contribution in [0.5, 0.6) is 0 Å². The molecule has 0 spiro atoms. The van der Waals surface area contributed by atoms with Crippen molar-refractivity contribution in [2.24, 2.45) is 0 Å². The van der Waals surface area contributed by atoms with E-state index in [2.05, 4.69) is 5.32 Å². The summed E-state index contributed by atoms with van der Waals surface area (Å²) in [6, 6.07) is 29.0. The first-order valence-corrected chi connectivity index (χ1v) is 16.7. The molecule has 2 heterocycles. The van der Waals surface area contributed by atoms with Gasteiger partial charge in [-0.3, -0.25) is 9.59 Å². The number of aliphatic hydroxyl groups excluding tert-OH is 1. The standard InChI is InChI=1S/C37H34N2O9S/c40-20-23-9-11-25(12-10-23)32-18-29(22-49-30-15-13-26(14-16-30)35(43)44)47-36(48-32)27-7-4-8-28(17-27)39-33(41)19-31(34(39)42)38-37(45)46-21-24-5-2-1-3-6-24/h1-17,29,31-32,36,40H,18-22H2,(H,38,45)(H,43,44). The Morgan fingerprint density at radius 2 is 1.63 bits per heavy atom. The minimum atomic E-state index is -1.07. The first kappa shape index (κ1) is 33.9. The molecule has 2 fully saturated rings. The Kier molecular flexibility index (Phi) is 10.7. The van der Waals surface area contributed by atoms with Gasteiger partial charge in [-0.2, -0.15) is 0 Å². The number of nitrogens with zero attached hydrogens (tertiary/aromatic N) is 1. The van der Waals surface area contributed by atoms with Crippen molar-refractivity contribution in [3.05, 3.63) is 131 Å². The number of rotatable bonds is 11. The van der Waals surface area contributed by atoms with Crippen LogP contribution in [-0.4, -0.2) is 52.0 Å². The van der Waals surface area contributed by atoms with Crippen LogP contribution in [0.2, 0.25) is 0 Å². The minimum Gasteiger partial charge on any atom is -0.478 e. The van der Waals surface area contributed by atoms with E-state index in [1.807, 2.05) is 54.6 Å². The molecule has 0 bridgehead atoms. The Hall–Kier alpha value is -5.01. The van der Waals surface area contributed by atoms with E-state index in [4.69, 9.17) is 14.2 Å². The predicted molar refractivity (Wildman–Crippen MR) is 180 cm³/mol. The first-order chi connectivity index (χ1) is 23.8. The summed E-state index contributed by atoms with van der Waals surface area (Å²) >= 11 is 1.53. The third-order valence-corrected chi connectivity index (χ3v) is 9.35. The maximum Gasteiger partial charge on any atom is 0.408 e. The number of nitrogens with one attached hydrogen (secondary N) is 1.